The van der Waals surface area contributed by atoms with Gasteiger partial charge in [0.25, 0.3) is 0 Å². The summed E-state index contributed by atoms with van der Waals surface area (Å²) in [5, 5.41) is 11.4. The van der Waals surface area contributed by atoms with Crippen molar-refractivity contribution < 1.29 is 19.0 Å². The van der Waals surface area contributed by atoms with Gasteiger partial charge in [0.15, 0.2) is 0 Å². The smallest absolute Gasteiger partial charge is 0.412 e. The van der Waals surface area contributed by atoms with Crippen LogP contribution in [0.15, 0.2) is 18.2 Å². The van der Waals surface area contributed by atoms with Gasteiger partial charge in [-0.1, -0.05) is 0 Å². The predicted octanol–water partition coefficient (Wildman–Crippen LogP) is 2.55. The Hall–Kier alpha value is -1.66. The van der Waals surface area contributed by atoms with Crippen LogP contribution in [0.3, 0.4) is 0 Å². The highest BCUT2D eigenvalue weighted by atomic mass is 19.1. The van der Waals surface area contributed by atoms with E-state index >= 15 is 0 Å². The molecule has 1 unspecified atom stereocenters. The van der Waals surface area contributed by atoms with Crippen molar-refractivity contribution in [3.05, 3.63) is 29.6 Å². The molecule has 0 saturated carbocycles. The van der Waals surface area contributed by atoms with E-state index in [1.807, 2.05) is 0 Å². The highest BCUT2D eigenvalue weighted by molar-refractivity contribution is 5.85. The number of halogens is 1. The summed E-state index contributed by atoms with van der Waals surface area (Å²) < 4.78 is 18.8. The lowest BCUT2D eigenvalue weighted by molar-refractivity contribution is 0.0636. The molecular formula is C14H21FN2O3. The Bertz CT molecular complexity index is 472. The number of carbonyl (C=O) groups excluding carboxylic acids is 1. The second kappa shape index (κ2) is 6.67. The standard InChI is InChI=1S/C14H21FN2O3/c1-14(2,3)20-13(19)17-9-4-5-11(15)10(8-9)12(16)6-7-18/h4-5,8,12,18H,6-7,16H2,1-3H3,(H,17,19). The number of hydrogen-bond donors (Lipinski definition) is 3. The maximum absolute atomic E-state index is 13.6. The van der Waals surface area contributed by atoms with E-state index < -0.39 is 23.6 Å². The summed E-state index contributed by atoms with van der Waals surface area (Å²) in [6.07, 6.45) is -0.377. The summed E-state index contributed by atoms with van der Waals surface area (Å²) in [5.41, 5.74) is 5.79. The third kappa shape index (κ3) is 5.14. The normalized spacial score (nSPS) is 12.9. The molecule has 0 radical (unpaired) electrons. The lowest BCUT2D eigenvalue weighted by Gasteiger charge is -2.20. The van der Waals surface area contributed by atoms with Crippen LogP contribution in [0, 0.1) is 5.82 Å². The third-order valence-electron chi connectivity index (χ3n) is 2.48. The van der Waals surface area contributed by atoms with Crippen LogP contribution in [0.5, 0.6) is 0 Å². The van der Waals surface area contributed by atoms with Gasteiger partial charge >= 0.3 is 6.09 Å². The van der Waals surface area contributed by atoms with E-state index in [0.29, 0.717) is 5.69 Å². The van der Waals surface area contributed by atoms with Gasteiger partial charge in [-0.25, -0.2) is 9.18 Å². The van der Waals surface area contributed by atoms with Crippen molar-refractivity contribution in [3.63, 3.8) is 0 Å². The summed E-state index contributed by atoms with van der Waals surface area (Å²) >= 11 is 0. The van der Waals surface area contributed by atoms with Crippen molar-refractivity contribution in [2.75, 3.05) is 11.9 Å². The molecule has 0 saturated heterocycles. The molecule has 0 aliphatic rings. The molecule has 1 amide bonds. The number of nitrogens with one attached hydrogen (secondary N) is 1. The minimum atomic E-state index is -0.625. The SMILES string of the molecule is CC(C)(C)OC(=O)Nc1ccc(F)c(C(N)CCO)c1. The average molecular weight is 284 g/mol. The molecule has 4 N–H and O–H groups in total. The van der Waals surface area contributed by atoms with Crippen LogP contribution in [0.4, 0.5) is 14.9 Å². The largest absolute Gasteiger partial charge is 0.444 e. The maximum Gasteiger partial charge on any atom is 0.412 e. The van der Waals surface area contributed by atoms with Crippen molar-refractivity contribution in [1.82, 2.24) is 0 Å². The molecule has 1 aromatic carbocycles. The van der Waals surface area contributed by atoms with Crippen molar-refractivity contribution in [1.29, 1.82) is 0 Å². The third-order valence-corrected chi connectivity index (χ3v) is 2.48. The van der Waals surface area contributed by atoms with Crippen LogP contribution >= 0.6 is 0 Å². The quantitative estimate of drug-likeness (QED) is 0.793. The molecule has 6 heteroatoms. The first-order valence-corrected chi connectivity index (χ1v) is 6.39. The Morgan fingerprint density at radius 1 is 1.50 bits per heavy atom. The Balaban J connectivity index is 2.82. The van der Waals surface area contributed by atoms with Crippen LogP contribution in [-0.2, 0) is 4.74 Å². The molecule has 0 fully saturated rings. The number of benzene rings is 1. The lowest BCUT2D eigenvalue weighted by Crippen LogP contribution is -2.27. The molecule has 0 bridgehead atoms. The number of rotatable bonds is 4. The van der Waals surface area contributed by atoms with E-state index in [9.17, 15) is 9.18 Å². The van der Waals surface area contributed by atoms with Gasteiger partial charge in [-0.05, 0) is 45.4 Å². The number of ether oxygens (including phenoxy) is 1. The van der Waals surface area contributed by atoms with E-state index in [-0.39, 0.29) is 18.6 Å². The minimum absolute atomic E-state index is 0.135. The van der Waals surface area contributed by atoms with Crippen LogP contribution in [0.2, 0.25) is 0 Å². The second-order valence-corrected chi connectivity index (χ2v) is 5.48. The molecule has 1 rings (SSSR count). The van der Waals surface area contributed by atoms with Gasteiger partial charge in [0, 0.05) is 23.9 Å². The minimum Gasteiger partial charge on any atom is -0.444 e. The molecule has 20 heavy (non-hydrogen) atoms. The first-order chi connectivity index (χ1) is 9.23. The number of nitrogens with two attached hydrogens (primary N) is 1. The number of amides is 1. The number of hydrogen-bond acceptors (Lipinski definition) is 4. The monoisotopic (exact) mass is 284 g/mol. The predicted molar refractivity (Wildman–Crippen MR) is 74.9 cm³/mol. The Morgan fingerprint density at radius 2 is 2.15 bits per heavy atom. The molecule has 112 valence electrons. The van der Waals surface area contributed by atoms with E-state index in [2.05, 4.69) is 5.32 Å². The summed E-state index contributed by atoms with van der Waals surface area (Å²) in [4.78, 5) is 11.6. The molecule has 0 aliphatic carbocycles. The highest BCUT2D eigenvalue weighted by Crippen LogP contribution is 2.22. The molecule has 1 aromatic rings. The van der Waals surface area contributed by atoms with Crippen molar-refractivity contribution in [2.24, 2.45) is 5.73 Å². The van der Waals surface area contributed by atoms with E-state index in [1.165, 1.54) is 18.2 Å². The number of anilines is 1. The fraction of sp³-hybridized carbons (Fsp3) is 0.500. The zero-order valence-electron chi connectivity index (χ0n) is 11.9. The van der Waals surface area contributed by atoms with Crippen LogP contribution in [0.25, 0.3) is 0 Å². The lowest BCUT2D eigenvalue weighted by atomic mass is 10.0. The molecule has 0 spiro atoms. The van der Waals surface area contributed by atoms with Crippen LogP contribution in [-0.4, -0.2) is 23.4 Å². The molecule has 0 aliphatic heterocycles. The van der Waals surface area contributed by atoms with Crippen molar-refractivity contribution in [2.45, 2.75) is 38.8 Å². The molecule has 1 atom stereocenters. The number of carbonyl (C=O) groups is 1. The molecule has 0 aromatic heterocycles. The first kappa shape index (κ1) is 16.4. The van der Waals surface area contributed by atoms with Crippen molar-refractivity contribution >= 4 is 11.8 Å². The fourth-order valence-electron chi connectivity index (χ4n) is 1.62. The summed E-state index contributed by atoms with van der Waals surface area (Å²) in [6.45, 7) is 5.11. The summed E-state index contributed by atoms with van der Waals surface area (Å²) in [5.74, 6) is -0.472. The second-order valence-electron chi connectivity index (χ2n) is 5.48. The first-order valence-electron chi connectivity index (χ1n) is 6.39. The topological polar surface area (TPSA) is 84.6 Å². The fourth-order valence-corrected chi connectivity index (χ4v) is 1.62. The zero-order chi connectivity index (χ0) is 15.3. The molecule has 5 nitrogen and oxygen atoms in total. The molecule has 0 heterocycles. The van der Waals surface area contributed by atoms with Gasteiger partial charge in [0.05, 0.1) is 0 Å². The Kier molecular flexibility index (Phi) is 5.47. The Morgan fingerprint density at radius 3 is 2.70 bits per heavy atom. The van der Waals surface area contributed by atoms with Gasteiger partial charge in [-0.2, -0.15) is 0 Å². The summed E-state index contributed by atoms with van der Waals surface area (Å²) in [7, 11) is 0. The number of aliphatic hydroxyl groups is 1. The Labute approximate surface area is 117 Å². The van der Waals surface area contributed by atoms with E-state index in [1.54, 1.807) is 20.8 Å². The van der Waals surface area contributed by atoms with Gasteiger partial charge in [-0.15, -0.1) is 0 Å². The van der Waals surface area contributed by atoms with Gasteiger partial charge in [0.1, 0.15) is 11.4 Å². The average Bonchev–Trinajstić information content (AvgIpc) is 2.29. The van der Waals surface area contributed by atoms with E-state index in [4.69, 9.17) is 15.6 Å². The van der Waals surface area contributed by atoms with Crippen LogP contribution in [0.1, 0.15) is 38.8 Å². The molecular weight excluding hydrogens is 263 g/mol. The van der Waals surface area contributed by atoms with E-state index in [0.717, 1.165) is 0 Å². The van der Waals surface area contributed by atoms with Gasteiger partial charge in [0.2, 0.25) is 0 Å². The van der Waals surface area contributed by atoms with Crippen molar-refractivity contribution in [3.8, 4) is 0 Å². The highest BCUT2D eigenvalue weighted by Gasteiger charge is 2.17. The zero-order valence-corrected chi connectivity index (χ0v) is 11.9. The van der Waals surface area contributed by atoms with Gasteiger partial charge < -0.3 is 15.6 Å². The maximum atomic E-state index is 13.6. The van der Waals surface area contributed by atoms with Gasteiger partial charge in [-0.3, -0.25) is 5.32 Å². The summed E-state index contributed by atoms with van der Waals surface area (Å²) in [6, 6.07) is 3.47. The van der Waals surface area contributed by atoms with Crippen LogP contribution < -0.4 is 11.1 Å². The number of aliphatic hydroxyl groups excluding tert-OH is 1.